The Morgan fingerprint density at radius 1 is 1.33 bits per heavy atom. The molecule has 0 radical (unpaired) electrons. The Bertz CT molecular complexity index is 522. The van der Waals surface area contributed by atoms with Gasteiger partial charge < -0.3 is 14.6 Å². The fourth-order valence-corrected chi connectivity index (χ4v) is 1.31. The Kier molecular flexibility index (Phi) is 4.76. The highest BCUT2D eigenvalue weighted by molar-refractivity contribution is 5.89. The van der Waals surface area contributed by atoms with Gasteiger partial charge in [-0.1, -0.05) is 12.0 Å². The second kappa shape index (κ2) is 6.30. The molecule has 1 aromatic carbocycles. The Morgan fingerprint density at radius 3 is 2.61 bits per heavy atom. The number of carboxylic acid groups (broad SMARTS) is 1. The summed E-state index contributed by atoms with van der Waals surface area (Å²) in [5, 5.41) is 8.70. The average Bonchev–Trinajstić information content (AvgIpc) is 2.35. The molecule has 0 aliphatic rings. The Balaban J connectivity index is 3.08. The molecule has 5 nitrogen and oxygen atoms in total. The van der Waals surface area contributed by atoms with Crippen molar-refractivity contribution in [1.29, 1.82) is 0 Å². The van der Waals surface area contributed by atoms with Gasteiger partial charge in [-0.25, -0.2) is 4.79 Å². The first kappa shape index (κ1) is 13.6. The minimum Gasteiger partial charge on any atom is -0.495 e. The topological polar surface area (TPSA) is 72.8 Å². The summed E-state index contributed by atoms with van der Waals surface area (Å²) in [5.74, 6) is 3.72. The molecule has 1 aromatic rings. The van der Waals surface area contributed by atoms with Crippen molar-refractivity contribution in [2.24, 2.45) is 0 Å². The molecule has 0 spiro atoms. The lowest BCUT2D eigenvalue weighted by Gasteiger charge is -2.05. The summed E-state index contributed by atoms with van der Waals surface area (Å²) in [6.45, 7) is 0. The second-order valence-corrected chi connectivity index (χ2v) is 3.35. The van der Waals surface area contributed by atoms with Gasteiger partial charge in [-0.3, -0.25) is 4.79 Å². The average molecular weight is 248 g/mol. The molecular formula is C13H12O5. The quantitative estimate of drug-likeness (QED) is 0.634. The van der Waals surface area contributed by atoms with Crippen LogP contribution in [-0.2, 0) is 20.7 Å². The van der Waals surface area contributed by atoms with Gasteiger partial charge in [0.2, 0.25) is 0 Å². The molecular weight excluding hydrogens is 236 g/mol. The summed E-state index contributed by atoms with van der Waals surface area (Å²) in [5.41, 5.74) is 1.03. The third kappa shape index (κ3) is 3.83. The number of carbonyl (C=O) groups is 2. The molecule has 0 bridgehead atoms. The molecule has 1 N–H and O–H groups in total. The Morgan fingerprint density at radius 2 is 2.06 bits per heavy atom. The maximum absolute atomic E-state index is 10.9. The van der Waals surface area contributed by atoms with Crippen molar-refractivity contribution >= 4 is 11.9 Å². The number of aliphatic carboxylic acids is 1. The van der Waals surface area contributed by atoms with Gasteiger partial charge in [0.05, 0.1) is 26.2 Å². The number of esters is 1. The van der Waals surface area contributed by atoms with Crippen molar-refractivity contribution < 1.29 is 24.2 Å². The fraction of sp³-hybridized carbons (Fsp3) is 0.231. The van der Waals surface area contributed by atoms with Crippen LogP contribution in [0.15, 0.2) is 18.2 Å². The van der Waals surface area contributed by atoms with Gasteiger partial charge in [0.25, 0.3) is 0 Å². The van der Waals surface area contributed by atoms with E-state index in [-0.39, 0.29) is 6.42 Å². The van der Waals surface area contributed by atoms with Crippen molar-refractivity contribution in [2.75, 3.05) is 14.2 Å². The number of hydrogen-bond donors (Lipinski definition) is 1. The van der Waals surface area contributed by atoms with Crippen LogP contribution in [0.25, 0.3) is 0 Å². The number of carbonyl (C=O) groups excluding carboxylic acids is 1. The molecule has 18 heavy (non-hydrogen) atoms. The molecule has 0 aliphatic heterocycles. The normalized spacial score (nSPS) is 9.00. The monoisotopic (exact) mass is 248 g/mol. The predicted molar refractivity (Wildman–Crippen MR) is 63.2 cm³/mol. The maximum Gasteiger partial charge on any atom is 0.384 e. The SMILES string of the molecule is COC(=O)C#Cc1cc(CC(=O)O)ccc1OC. The molecule has 94 valence electrons. The highest BCUT2D eigenvalue weighted by atomic mass is 16.5. The molecule has 0 aliphatic carbocycles. The van der Waals surface area contributed by atoms with Gasteiger partial charge in [-0.15, -0.1) is 0 Å². The van der Waals surface area contributed by atoms with Gasteiger partial charge in [-0.2, -0.15) is 0 Å². The summed E-state index contributed by atoms with van der Waals surface area (Å²) in [7, 11) is 2.70. The van der Waals surface area contributed by atoms with E-state index < -0.39 is 11.9 Å². The maximum atomic E-state index is 10.9. The molecule has 5 heteroatoms. The van der Waals surface area contributed by atoms with E-state index in [0.717, 1.165) is 0 Å². The smallest absolute Gasteiger partial charge is 0.384 e. The molecule has 1 rings (SSSR count). The van der Waals surface area contributed by atoms with Crippen LogP contribution >= 0.6 is 0 Å². The largest absolute Gasteiger partial charge is 0.495 e. The van der Waals surface area contributed by atoms with Crippen molar-refractivity contribution in [3.63, 3.8) is 0 Å². The number of rotatable bonds is 3. The summed E-state index contributed by atoms with van der Waals surface area (Å²) in [4.78, 5) is 21.5. The fourth-order valence-electron chi connectivity index (χ4n) is 1.31. The minimum absolute atomic E-state index is 0.114. The molecule has 0 saturated heterocycles. The molecule has 0 aromatic heterocycles. The highest BCUT2D eigenvalue weighted by Crippen LogP contribution is 2.19. The first-order valence-corrected chi connectivity index (χ1v) is 5.05. The Labute approximate surface area is 104 Å². The molecule has 0 saturated carbocycles. The van der Waals surface area contributed by atoms with E-state index in [1.54, 1.807) is 18.2 Å². The second-order valence-electron chi connectivity index (χ2n) is 3.35. The van der Waals surface area contributed by atoms with Gasteiger partial charge in [0, 0.05) is 5.92 Å². The number of ether oxygens (including phenoxy) is 2. The first-order chi connectivity index (χ1) is 8.56. The van der Waals surface area contributed by atoms with Gasteiger partial charge in [0.1, 0.15) is 5.75 Å². The van der Waals surface area contributed by atoms with Gasteiger partial charge >= 0.3 is 11.9 Å². The van der Waals surface area contributed by atoms with E-state index in [2.05, 4.69) is 16.6 Å². The highest BCUT2D eigenvalue weighted by Gasteiger charge is 2.05. The van der Waals surface area contributed by atoms with Crippen LogP contribution in [0.1, 0.15) is 11.1 Å². The van der Waals surface area contributed by atoms with Crippen molar-refractivity contribution in [3.05, 3.63) is 29.3 Å². The van der Waals surface area contributed by atoms with E-state index in [9.17, 15) is 9.59 Å². The zero-order chi connectivity index (χ0) is 13.5. The van der Waals surface area contributed by atoms with Crippen LogP contribution in [0.5, 0.6) is 5.75 Å². The number of hydrogen-bond acceptors (Lipinski definition) is 4. The van der Waals surface area contributed by atoms with Crippen LogP contribution in [0.2, 0.25) is 0 Å². The van der Waals surface area contributed by atoms with Crippen LogP contribution in [0, 0.1) is 11.8 Å². The lowest BCUT2D eigenvalue weighted by molar-refractivity contribution is -0.136. The molecule has 0 amide bonds. The number of methoxy groups -OCH3 is 2. The van der Waals surface area contributed by atoms with Gasteiger partial charge in [-0.05, 0) is 17.7 Å². The molecule has 0 fully saturated rings. The van der Waals surface area contributed by atoms with Crippen molar-refractivity contribution in [1.82, 2.24) is 0 Å². The summed E-state index contributed by atoms with van der Waals surface area (Å²) in [6.07, 6.45) is -0.114. The lowest BCUT2D eigenvalue weighted by Crippen LogP contribution is -2.01. The van der Waals surface area contributed by atoms with Crippen molar-refractivity contribution in [3.8, 4) is 17.6 Å². The molecule has 0 heterocycles. The first-order valence-electron chi connectivity index (χ1n) is 5.05. The third-order valence-corrected chi connectivity index (χ3v) is 2.10. The standard InChI is InChI=1S/C13H12O5/c1-17-11-5-3-9(8-12(14)15)7-10(11)4-6-13(16)18-2/h3,5,7H,8H2,1-2H3,(H,14,15). The van der Waals surface area contributed by atoms with E-state index in [1.165, 1.54) is 14.2 Å². The van der Waals surface area contributed by atoms with Gasteiger partial charge in [0.15, 0.2) is 0 Å². The van der Waals surface area contributed by atoms with Crippen LogP contribution in [-0.4, -0.2) is 31.3 Å². The number of carboxylic acids is 1. The van der Waals surface area contributed by atoms with Crippen molar-refractivity contribution in [2.45, 2.75) is 6.42 Å². The third-order valence-electron chi connectivity index (χ3n) is 2.10. The van der Waals surface area contributed by atoms with Crippen LogP contribution in [0.4, 0.5) is 0 Å². The lowest BCUT2D eigenvalue weighted by atomic mass is 10.1. The number of benzene rings is 1. The zero-order valence-corrected chi connectivity index (χ0v) is 10.0. The minimum atomic E-state index is -0.938. The van der Waals surface area contributed by atoms with E-state index in [4.69, 9.17) is 9.84 Å². The molecule has 0 atom stereocenters. The van der Waals surface area contributed by atoms with E-state index in [1.807, 2.05) is 0 Å². The van der Waals surface area contributed by atoms with Crippen LogP contribution < -0.4 is 4.74 Å². The summed E-state index contributed by atoms with van der Waals surface area (Å²) < 4.78 is 9.46. The van der Waals surface area contributed by atoms with Crippen LogP contribution in [0.3, 0.4) is 0 Å². The summed E-state index contributed by atoms with van der Waals surface area (Å²) >= 11 is 0. The zero-order valence-electron chi connectivity index (χ0n) is 10.0. The molecule has 0 unspecified atom stereocenters. The van der Waals surface area contributed by atoms with E-state index in [0.29, 0.717) is 16.9 Å². The summed E-state index contributed by atoms with van der Waals surface area (Å²) in [6, 6.07) is 4.82. The van der Waals surface area contributed by atoms with E-state index >= 15 is 0 Å². The predicted octanol–water partition coefficient (Wildman–Crippen LogP) is 0.847. The Hall–Kier alpha value is -2.48.